The van der Waals surface area contributed by atoms with Gasteiger partial charge in [-0.15, -0.1) is 0 Å². The topological polar surface area (TPSA) is 36.4 Å². The second-order valence-corrected chi connectivity index (χ2v) is 5.56. The Bertz CT molecular complexity index is 646. The van der Waals surface area contributed by atoms with Crippen LogP contribution in [-0.2, 0) is 0 Å². The first kappa shape index (κ1) is 15.0. The Labute approximate surface area is 136 Å². The predicted molar refractivity (Wildman–Crippen MR) is 92.5 cm³/mol. The van der Waals surface area contributed by atoms with Gasteiger partial charge in [0.25, 0.3) is 0 Å². The zero-order valence-electron chi connectivity index (χ0n) is 10.3. The second kappa shape index (κ2) is 7.38. The summed E-state index contributed by atoms with van der Waals surface area (Å²) in [6.07, 6.45) is 1.69. The van der Waals surface area contributed by atoms with Crippen molar-refractivity contribution in [3.8, 4) is 0 Å². The third-order valence-corrected chi connectivity index (χ3v) is 3.51. The smallest absolute Gasteiger partial charge is 0.191 e. The van der Waals surface area contributed by atoms with Crippen LogP contribution in [-0.4, -0.2) is 11.3 Å². The van der Waals surface area contributed by atoms with Crippen LogP contribution in [0.5, 0.6) is 0 Å². The van der Waals surface area contributed by atoms with Crippen LogP contribution in [0, 0.1) is 0 Å². The molecule has 0 aliphatic carbocycles. The van der Waals surface area contributed by atoms with E-state index in [1.807, 2.05) is 36.4 Å². The monoisotopic (exact) mass is 367 g/mol. The number of hydrogen-bond acceptors (Lipinski definition) is 2. The molecular formula is C14H11BrClN3S. The van der Waals surface area contributed by atoms with Crippen molar-refractivity contribution in [2.45, 2.75) is 0 Å². The molecule has 0 aromatic heterocycles. The van der Waals surface area contributed by atoms with Gasteiger partial charge in [0, 0.05) is 20.7 Å². The molecule has 0 saturated carbocycles. The minimum absolute atomic E-state index is 0.399. The summed E-state index contributed by atoms with van der Waals surface area (Å²) >= 11 is 14.5. The van der Waals surface area contributed by atoms with Crippen molar-refractivity contribution in [3.63, 3.8) is 0 Å². The summed E-state index contributed by atoms with van der Waals surface area (Å²) in [5.41, 5.74) is 4.53. The molecule has 0 amide bonds. The number of benzene rings is 2. The molecule has 0 atom stereocenters. The van der Waals surface area contributed by atoms with Gasteiger partial charge in [-0.1, -0.05) is 51.8 Å². The van der Waals surface area contributed by atoms with E-state index in [1.54, 1.807) is 18.3 Å². The molecule has 20 heavy (non-hydrogen) atoms. The van der Waals surface area contributed by atoms with E-state index in [9.17, 15) is 0 Å². The maximum absolute atomic E-state index is 5.89. The van der Waals surface area contributed by atoms with Crippen molar-refractivity contribution >= 4 is 56.8 Å². The second-order valence-electron chi connectivity index (χ2n) is 3.86. The minimum Gasteiger partial charge on any atom is -0.331 e. The van der Waals surface area contributed by atoms with E-state index in [2.05, 4.69) is 31.8 Å². The molecule has 0 radical (unpaired) electrons. The number of thiocarbonyl (C=S) groups is 1. The van der Waals surface area contributed by atoms with Crippen molar-refractivity contribution < 1.29 is 0 Å². The van der Waals surface area contributed by atoms with Gasteiger partial charge in [-0.25, -0.2) is 0 Å². The Kier molecular flexibility index (Phi) is 5.52. The molecule has 0 saturated heterocycles. The summed E-state index contributed by atoms with van der Waals surface area (Å²) in [5.74, 6) is 0. The number of nitrogens with zero attached hydrogens (tertiary/aromatic N) is 1. The highest BCUT2D eigenvalue weighted by atomic mass is 79.9. The van der Waals surface area contributed by atoms with Gasteiger partial charge in [0.05, 0.1) is 6.21 Å². The summed E-state index contributed by atoms with van der Waals surface area (Å²) < 4.78 is 0.972. The summed E-state index contributed by atoms with van der Waals surface area (Å²) in [6.45, 7) is 0. The fourth-order valence-electron chi connectivity index (χ4n) is 1.47. The van der Waals surface area contributed by atoms with Crippen molar-refractivity contribution in [1.82, 2.24) is 5.43 Å². The Morgan fingerprint density at radius 1 is 1.20 bits per heavy atom. The molecule has 0 bridgehead atoms. The molecule has 0 aliphatic rings. The van der Waals surface area contributed by atoms with Gasteiger partial charge in [-0.3, -0.25) is 5.43 Å². The van der Waals surface area contributed by atoms with E-state index in [4.69, 9.17) is 23.8 Å². The maximum Gasteiger partial charge on any atom is 0.191 e. The number of nitrogens with one attached hydrogen (secondary N) is 2. The fourth-order valence-corrected chi connectivity index (χ4v) is 2.21. The lowest BCUT2D eigenvalue weighted by Gasteiger charge is -2.07. The van der Waals surface area contributed by atoms with Gasteiger partial charge in [-0.2, -0.15) is 5.10 Å². The van der Waals surface area contributed by atoms with Crippen molar-refractivity contribution in [3.05, 3.63) is 63.6 Å². The molecule has 0 aliphatic heterocycles. The first-order chi connectivity index (χ1) is 9.65. The highest BCUT2D eigenvalue weighted by Gasteiger charge is 1.97. The third-order valence-electron chi connectivity index (χ3n) is 2.36. The number of hydrogen-bond donors (Lipinski definition) is 2. The summed E-state index contributed by atoms with van der Waals surface area (Å²) in [4.78, 5) is 0. The standard InChI is InChI=1S/C14H11BrClN3S/c15-13-7-2-1-4-10(13)9-17-19-14(20)18-12-6-3-5-11(16)8-12/h1-9H,(H2,18,19,20). The van der Waals surface area contributed by atoms with Gasteiger partial charge < -0.3 is 5.32 Å². The summed E-state index contributed by atoms with van der Waals surface area (Å²) in [7, 11) is 0. The normalized spacial score (nSPS) is 10.5. The first-order valence-corrected chi connectivity index (χ1v) is 7.33. The first-order valence-electron chi connectivity index (χ1n) is 5.75. The van der Waals surface area contributed by atoms with Crippen LogP contribution in [0.2, 0.25) is 5.02 Å². The number of hydrazone groups is 1. The van der Waals surface area contributed by atoms with Gasteiger partial charge in [-0.05, 0) is 36.5 Å². The van der Waals surface area contributed by atoms with Crippen LogP contribution >= 0.6 is 39.7 Å². The van der Waals surface area contributed by atoms with E-state index in [0.29, 0.717) is 10.1 Å². The van der Waals surface area contributed by atoms with Crippen LogP contribution in [0.4, 0.5) is 5.69 Å². The van der Waals surface area contributed by atoms with Crippen molar-refractivity contribution in [1.29, 1.82) is 0 Å². The number of halogens is 2. The molecular weight excluding hydrogens is 358 g/mol. The number of anilines is 1. The van der Waals surface area contributed by atoms with Gasteiger partial charge in [0.2, 0.25) is 0 Å². The Morgan fingerprint density at radius 2 is 2.00 bits per heavy atom. The molecule has 2 aromatic rings. The molecule has 2 aromatic carbocycles. The lowest BCUT2D eigenvalue weighted by atomic mass is 10.2. The average Bonchev–Trinajstić information content (AvgIpc) is 2.41. The Hall–Kier alpha value is -1.43. The SMILES string of the molecule is S=C(NN=Cc1ccccc1Br)Nc1cccc(Cl)c1. The molecule has 3 nitrogen and oxygen atoms in total. The maximum atomic E-state index is 5.89. The molecule has 2 rings (SSSR count). The third kappa shape index (κ3) is 4.59. The predicted octanol–water partition coefficient (Wildman–Crippen LogP) is 4.42. The number of rotatable bonds is 3. The van der Waals surface area contributed by atoms with Gasteiger partial charge in [0.15, 0.2) is 5.11 Å². The zero-order chi connectivity index (χ0) is 14.4. The van der Waals surface area contributed by atoms with E-state index < -0.39 is 0 Å². The minimum atomic E-state index is 0.399. The van der Waals surface area contributed by atoms with Crippen molar-refractivity contribution in [2.75, 3.05) is 5.32 Å². The summed E-state index contributed by atoms with van der Waals surface area (Å²) in [5, 5.41) is 8.12. The lowest BCUT2D eigenvalue weighted by molar-refractivity contribution is 1.05. The molecule has 6 heteroatoms. The molecule has 0 fully saturated rings. The average molecular weight is 369 g/mol. The van der Waals surface area contributed by atoms with Gasteiger partial charge in [0.1, 0.15) is 0 Å². The van der Waals surface area contributed by atoms with Crippen LogP contribution < -0.4 is 10.7 Å². The summed E-state index contributed by atoms with van der Waals surface area (Å²) in [6, 6.07) is 15.1. The van der Waals surface area contributed by atoms with Gasteiger partial charge >= 0.3 is 0 Å². The van der Waals surface area contributed by atoms with Crippen LogP contribution in [0.3, 0.4) is 0 Å². The molecule has 0 spiro atoms. The largest absolute Gasteiger partial charge is 0.331 e. The van der Waals surface area contributed by atoms with Crippen LogP contribution in [0.15, 0.2) is 58.1 Å². The quantitative estimate of drug-likeness (QED) is 0.478. The Morgan fingerprint density at radius 3 is 2.75 bits per heavy atom. The van der Waals surface area contributed by atoms with E-state index >= 15 is 0 Å². The van der Waals surface area contributed by atoms with E-state index in [0.717, 1.165) is 15.7 Å². The molecule has 0 heterocycles. The van der Waals surface area contributed by atoms with Crippen LogP contribution in [0.25, 0.3) is 0 Å². The fraction of sp³-hybridized carbons (Fsp3) is 0. The van der Waals surface area contributed by atoms with Crippen LogP contribution in [0.1, 0.15) is 5.56 Å². The van der Waals surface area contributed by atoms with E-state index in [-0.39, 0.29) is 0 Å². The molecule has 2 N–H and O–H groups in total. The van der Waals surface area contributed by atoms with E-state index in [1.165, 1.54) is 0 Å². The lowest BCUT2D eigenvalue weighted by Crippen LogP contribution is -2.23. The Balaban J connectivity index is 1.91. The highest BCUT2D eigenvalue weighted by molar-refractivity contribution is 9.10. The zero-order valence-corrected chi connectivity index (χ0v) is 13.5. The molecule has 102 valence electrons. The highest BCUT2D eigenvalue weighted by Crippen LogP contribution is 2.15. The van der Waals surface area contributed by atoms with Crippen molar-refractivity contribution in [2.24, 2.45) is 5.10 Å². The molecule has 0 unspecified atom stereocenters.